The van der Waals surface area contributed by atoms with Crippen LogP contribution in [0.5, 0.6) is 0 Å². The number of carboxylic acids is 1. The topological polar surface area (TPSA) is 57.6 Å². The predicted molar refractivity (Wildman–Crippen MR) is 81.4 cm³/mol. The van der Waals surface area contributed by atoms with Crippen LogP contribution in [0.2, 0.25) is 5.02 Å². The summed E-state index contributed by atoms with van der Waals surface area (Å²) in [6.07, 6.45) is 1.48. The Hall–Kier alpha value is -1.55. The largest absolute Gasteiger partial charge is 0.480 e. The summed E-state index contributed by atoms with van der Waals surface area (Å²) in [4.78, 5) is 25.0. The molecule has 1 aliphatic carbocycles. The van der Waals surface area contributed by atoms with E-state index in [0.29, 0.717) is 5.02 Å². The molecule has 1 aromatic rings. The van der Waals surface area contributed by atoms with Gasteiger partial charge < -0.3 is 10.0 Å². The summed E-state index contributed by atoms with van der Waals surface area (Å²) in [5.41, 5.74) is 0.983. The van der Waals surface area contributed by atoms with Crippen LogP contribution in [-0.4, -0.2) is 34.5 Å². The molecule has 1 aliphatic rings. The lowest BCUT2D eigenvalue weighted by atomic mass is 10.1. The summed E-state index contributed by atoms with van der Waals surface area (Å²) in [7, 11) is 0. The molecule has 21 heavy (non-hydrogen) atoms. The molecule has 3 unspecified atom stereocenters. The van der Waals surface area contributed by atoms with Crippen LogP contribution in [0, 0.1) is 5.92 Å². The van der Waals surface area contributed by atoms with Gasteiger partial charge in [-0.15, -0.1) is 0 Å². The van der Waals surface area contributed by atoms with Crippen molar-refractivity contribution in [1.82, 2.24) is 4.90 Å². The maximum absolute atomic E-state index is 12.6. The molecule has 2 rings (SSSR count). The van der Waals surface area contributed by atoms with Crippen molar-refractivity contribution in [2.45, 2.75) is 38.6 Å². The molecule has 114 valence electrons. The molecule has 1 saturated carbocycles. The summed E-state index contributed by atoms with van der Waals surface area (Å²) in [6, 6.07) is 7.46. The van der Waals surface area contributed by atoms with E-state index < -0.39 is 5.97 Å². The molecule has 4 nitrogen and oxygen atoms in total. The number of rotatable bonds is 6. The number of amides is 1. The van der Waals surface area contributed by atoms with Gasteiger partial charge in [0.05, 0.1) is 0 Å². The van der Waals surface area contributed by atoms with E-state index in [-0.39, 0.29) is 30.3 Å². The first-order chi connectivity index (χ1) is 9.95. The number of benzene rings is 1. The van der Waals surface area contributed by atoms with E-state index >= 15 is 0 Å². The van der Waals surface area contributed by atoms with E-state index in [1.165, 1.54) is 4.90 Å². The lowest BCUT2D eigenvalue weighted by Gasteiger charge is -2.27. The summed E-state index contributed by atoms with van der Waals surface area (Å²) in [5.74, 6) is -1.07. The van der Waals surface area contributed by atoms with Crippen LogP contribution < -0.4 is 0 Å². The Balaban J connectivity index is 2.10. The second kappa shape index (κ2) is 6.48. The SMILES string of the molecule is CCC(C)N(CC(=O)O)C(=O)C1CC1c1ccccc1Cl. The van der Waals surface area contributed by atoms with Gasteiger partial charge in [-0.25, -0.2) is 0 Å². The highest BCUT2D eigenvalue weighted by Gasteiger charge is 2.47. The molecule has 0 heterocycles. The molecule has 0 bridgehead atoms. The average Bonchev–Trinajstić information content (AvgIpc) is 3.23. The van der Waals surface area contributed by atoms with E-state index in [0.717, 1.165) is 18.4 Å². The van der Waals surface area contributed by atoms with E-state index in [1.807, 2.05) is 38.1 Å². The van der Waals surface area contributed by atoms with Gasteiger partial charge in [-0.05, 0) is 37.3 Å². The molecule has 5 heteroatoms. The third-order valence-electron chi connectivity index (χ3n) is 4.12. The van der Waals surface area contributed by atoms with Crippen LogP contribution in [0.25, 0.3) is 0 Å². The number of hydrogen-bond acceptors (Lipinski definition) is 2. The van der Waals surface area contributed by atoms with Gasteiger partial charge in [0.1, 0.15) is 6.54 Å². The summed E-state index contributed by atoms with van der Waals surface area (Å²) < 4.78 is 0. The smallest absolute Gasteiger partial charge is 0.323 e. The van der Waals surface area contributed by atoms with Crippen LogP contribution in [0.4, 0.5) is 0 Å². The molecule has 0 spiro atoms. The summed E-state index contributed by atoms with van der Waals surface area (Å²) in [5, 5.41) is 9.66. The summed E-state index contributed by atoms with van der Waals surface area (Å²) >= 11 is 6.16. The van der Waals surface area contributed by atoms with Gasteiger partial charge in [0.25, 0.3) is 0 Å². The van der Waals surface area contributed by atoms with E-state index in [1.54, 1.807) is 0 Å². The van der Waals surface area contributed by atoms with E-state index in [2.05, 4.69) is 0 Å². The molecule has 1 aromatic carbocycles. The molecular weight excluding hydrogens is 290 g/mol. The second-order valence-electron chi connectivity index (χ2n) is 5.59. The maximum atomic E-state index is 12.6. The highest BCUT2D eigenvalue weighted by molar-refractivity contribution is 6.31. The fourth-order valence-corrected chi connectivity index (χ4v) is 2.89. The molecule has 3 atom stereocenters. The van der Waals surface area contributed by atoms with Gasteiger partial charge in [-0.2, -0.15) is 0 Å². The van der Waals surface area contributed by atoms with Gasteiger partial charge in [0, 0.05) is 17.0 Å². The number of carbonyl (C=O) groups excluding carboxylic acids is 1. The number of nitrogens with zero attached hydrogens (tertiary/aromatic N) is 1. The Labute approximate surface area is 129 Å². The number of carboxylic acid groups (broad SMARTS) is 1. The van der Waals surface area contributed by atoms with Crippen molar-refractivity contribution in [2.75, 3.05) is 6.54 Å². The zero-order valence-electron chi connectivity index (χ0n) is 12.3. The van der Waals surface area contributed by atoms with E-state index in [9.17, 15) is 9.59 Å². The Morgan fingerprint density at radius 3 is 2.67 bits per heavy atom. The molecule has 0 radical (unpaired) electrons. The molecule has 0 aliphatic heterocycles. The maximum Gasteiger partial charge on any atom is 0.323 e. The normalized spacial score (nSPS) is 21.7. The molecule has 0 saturated heterocycles. The van der Waals surface area contributed by atoms with E-state index in [4.69, 9.17) is 16.7 Å². The Morgan fingerprint density at radius 2 is 2.10 bits per heavy atom. The monoisotopic (exact) mass is 309 g/mol. The highest BCUT2D eigenvalue weighted by atomic mass is 35.5. The third-order valence-corrected chi connectivity index (χ3v) is 4.47. The van der Waals surface area contributed by atoms with Crippen molar-refractivity contribution in [1.29, 1.82) is 0 Å². The lowest BCUT2D eigenvalue weighted by Crippen LogP contribution is -2.42. The lowest BCUT2D eigenvalue weighted by molar-refractivity contribution is -0.146. The average molecular weight is 310 g/mol. The number of halogens is 1. The first-order valence-electron chi connectivity index (χ1n) is 7.22. The Kier molecular flexibility index (Phi) is 4.88. The van der Waals surface area contributed by atoms with Crippen LogP contribution in [0.1, 0.15) is 38.2 Å². The Morgan fingerprint density at radius 1 is 1.43 bits per heavy atom. The molecule has 1 amide bonds. The van der Waals surface area contributed by atoms with Gasteiger partial charge in [-0.1, -0.05) is 36.7 Å². The van der Waals surface area contributed by atoms with Crippen molar-refractivity contribution in [3.63, 3.8) is 0 Å². The van der Waals surface area contributed by atoms with Crippen molar-refractivity contribution in [3.05, 3.63) is 34.9 Å². The fraction of sp³-hybridized carbons (Fsp3) is 0.500. The number of carbonyl (C=O) groups is 2. The van der Waals surface area contributed by atoms with Crippen LogP contribution in [0.3, 0.4) is 0 Å². The summed E-state index contributed by atoms with van der Waals surface area (Å²) in [6.45, 7) is 3.60. The highest BCUT2D eigenvalue weighted by Crippen LogP contribution is 2.50. The fourth-order valence-electron chi connectivity index (χ4n) is 2.62. The van der Waals surface area contributed by atoms with Gasteiger partial charge >= 0.3 is 5.97 Å². The minimum Gasteiger partial charge on any atom is -0.480 e. The Bertz CT molecular complexity index is 546. The van der Waals surface area contributed by atoms with Crippen molar-refractivity contribution < 1.29 is 14.7 Å². The molecule has 0 aromatic heterocycles. The van der Waals surface area contributed by atoms with Gasteiger partial charge in [-0.3, -0.25) is 9.59 Å². The number of aliphatic carboxylic acids is 1. The first-order valence-corrected chi connectivity index (χ1v) is 7.60. The third kappa shape index (κ3) is 3.56. The van der Waals surface area contributed by atoms with Crippen LogP contribution in [-0.2, 0) is 9.59 Å². The second-order valence-corrected chi connectivity index (χ2v) is 5.99. The van der Waals surface area contributed by atoms with Crippen molar-refractivity contribution in [2.24, 2.45) is 5.92 Å². The first kappa shape index (κ1) is 15.8. The minimum absolute atomic E-state index is 0.0684. The zero-order chi connectivity index (χ0) is 15.6. The van der Waals surface area contributed by atoms with Crippen LogP contribution >= 0.6 is 11.6 Å². The van der Waals surface area contributed by atoms with Crippen molar-refractivity contribution >= 4 is 23.5 Å². The number of hydrogen-bond donors (Lipinski definition) is 1. The van der Waals surface area contributed by atoms with Gasteiger partial charge in [0.2, 0.25) is 5.91 Å². The quantitative estimate of drug-likeness (QED) is 0.878. The molecule has 1 N–H and O–H groups in total. The molecular formula is C16H20ClNO3. The van der Waals surface area contributed by atoms with Crippen molar-refractivity contribution in [3.8, 4) is 0 Å². The zero-order valence-corrected chi connectivity index (χ0v) is 13.0. The van der Waals surface area contributed by atoms with Crippen LogP contribution in [0.15, 0.2) is 24.3 Å². The van der Waals surface area contributed by atoms with Gasteiger partial charge in [0.15, 0.2) is 0 Å². The standard InChI is InChI=1S/C16H20ClNO3/c1-3-10(2)18(9-15(19)20)16(21)13-8-12(13)11-6-4-5-7-14(11)17/h4-7,10,12-13H,3,8-9H2,1-2H3,(H,19,20). The minimum atomic E-state index is -0.974. The predicted octanol–water partition coefficient (Wildman–Crippen LogP) is 3.16. The molecule has 1 fully saturated rings.